The number of nitrogens with two attached hydrogens (primary N) is 1. The minimum atomic E-state index is -1.37. The molecule has 0 aliphatic carbocycles. The van der Waals surface area contributed by atoms with E-state index in [9.17, 15) is 48.1 Å². The zero-order chi connectivity index (χ0) is 34.2. The summed E-state index contributed by atoms with van der Waals surface area (Å²) in [5.41, 5.74) is 5.71. The average molecular weight is 646 g/mol. The van der Waals surface area contributed by atoms with Gasteiger partial charge in [0, 0.05) is 31.4 Å². The SMILES string of the molecule is NC(=O)CNC(=O)C(Cc1ccc([N+](=O)[O-])cc1)NC(=O)[C@H](Cc1ccc(F)cc1)NC(=O)CNC(=O)CNC(=O)CCC(=O)O. The van der Waals surface area contributed by atoms with Gasteiger partial charge in [0.1, 0.15) is 17.9 Å². The number of non-ortho nitro benzene ring substituents is 1. The molecule has 0 radical (unpaired) electrons. The number of carboxylic acids is 1. The molecule has 8 N–H and O–H groups in total. The second kappa shape index (κ2) is 18.0. The molecule has 0 saturated carbocycles. The lowest BCUT2D eigenvalue weighted by Crippen LogP contribution is -2.56. The Balaban J connectivity index is 2.15. The van der Waals surface area contributed by atoms with Crippen molar-refractivity contribution in [2.75, 3.05) is 19.6 Å². The molecule has 0 aliphatic heterocycles. The molecule has 46 heavy (non-hydrogen) atoms. The number of nitro groups is 1. The monoisotopic (exact) mass is 645 g/mol. The standard InChI is InChI=1S/C28H32FN7O10/c29-18-5-1-16(2-6-18)12-21(34-25(40)15-32-24(39)14-31-23(38)9-10-26(41)42)28(44)35-20(27(43)33-13-22(30)37)11-17-3-7-19(8-4-17)36(45)46/h1-8,20-21H,9-15H2,(H2,30,37)(H,31,38)(H,32,39)(H,33,43)(H,34,40)(H,35,44)(H,41,42)/t20?,21-/m0/s1. The molecule has 1 unspecified atom stereocenters. The quantitative estimate of drug-likeness (QED) is 0.0705. The van der Waals surface area contributed by atoms with Gasteiger partial charge >= 0.3 is 5.97 Å². The van der Waals surface area contributed by atoms with E-state index in [1.54, 1.807) is 0 Å². The predicted octanol–water partition coefficient (Wildman–Crippen LogP) is -1.81. The van der Waals surface area contributed by atoms with Gasteiger partial charge in [0.2, 0.25) is 35.4 Å². The van der Waals surface area contributed by atoms with Crippen LogP contribution in [0.15, 0.2) is 48.5 Å². The normalized spacial score (nSPS) is 11.7. The highest BCUT2D eigenvalue weighted by molar-refractivity contribution is 5.94. The average Bonchev–Trinajstić information content (AvgIpc) is 3.01. The van der Waals surface area contributed by atoms with E-state index in [1.807, 2.05) is 0 Å². The molecule has 17 nitrogen and oxygen atoms in total. The molecule has 0 heterocycles. The van der Waals surface area contributed by atoms with Crippen molar-refractivity contribution in [2.45, 2.75) is 37.8 Å². The second-order valence-electron chi connectivity index (χ2n) is 9.77. The largest absolute Gasteiger partial charge is 0.481 e. The summed E-state index contributed by atoms with van der Waals surface area (Å²) >= 11 is 0. The Bertz CT molecular complexity index is 1450. The van der Waals surface area contributed by atoms with E-state index in [4.69, 9.17) is 10.8 Å². The number of nitrogens with zero attached hydrogens (tertiary/aromatic N) is 1. The number of aliphatic carboxylic acids is 1. The molecule has 0 fully saturated rings. The maximum Gasteiger partial charge on any atom is 0.303 e. The van der Waals surface area contributed by atoms with Crippen molar-refractivity contribution in [3.63, 3.8) is 0 Å². The van der Waals surface area contributed by atoms with E-state index < -0.39 is 90.3 Å². The second-order valence-corrected chi connectivity index (χ2v) is 9.77. The van der Waals surface area contributed by atoms with Crippen LogP contribution in [0.1, 0.15) is 24.0 Å². The molecule has 2 atom stereocenters. The summed E-state index contributed by atoms with van der Waals surface area (Å²) in [6, 6.07) is 7.42. The third-order valence-corrected chi connectivity index (χ3v) is 6.12. The maximum absolute atomic E-state index is 13.5. The van der Waals surface area contributed by atoms with E-state index in [0.717, 1.165) is 12.1 Å². The van der Waals surface area contributed by atoms with E-state index >= 15 is 0 Å². The molecule has 0 bridgehead atoms. The summed E-state index contributed by atoms with van der Waals surface area (Å²) < 4.78 is 13.5. The Labute approximate surface area is 260 Å². The van der Waals surface area contributed by atoms with Gasteiger partial charge in [-0.2, -0.15) is 0 Å². The van der Waals surface area contributed by atoms with Crippen molar-refractivity contribution in [2.24, 2.45) is 5.73 Å². The van der Waals surface area contributed by atoms with Crippen LogP contribution in [0.2, 0.25) is 0 Å². The molecule has 0 spiro atoms. The van der Waals surface area contributed by atoms with Crippen molar-refractivity contribution in [3.05, 3.63) is 75.6 Å². The number of carboxylic acid groups (broad SMARTS) is 1. The number of benzene rings is 2. The van der Waals surface area contributed by atoms with Gasteiger partial charge in [0.05, 0.1) is 31.0 Å². The third-order valence-electron chi connectivity index (χ3n) is 6.12. The Morgan fingerprint density at radius 2 is 1.24 bits per heavy atom. The molecule has 2 aromatic rings. The predicted molar refractivity (Wildman–Crippen MR) is 156 cm³/mol. The molecule has 18 heteroatoms. The van der Waals surface area contributed by atoms with Crippen LogP contribution in [0.3, 0.4) is 0 Å². The maximum atomic E-state index is 13.5. The molecule has 2 rings (SSSR count). The van der Waals surface area contributed by atoms with Crippen molar-refractivity contribution in [3.8, 4) is 0 Å². The first-order valence-electron chi connectivity index (χ1n) is 13.6. The summed E-state index contributed by atoms with van der Waals surface area (Å²) in [6.07, 6.45) is -1.15. The highest BCUT2D eigenvalue weighted by Crippen LogP contribution is 2.14. The number of halogens is 1. The minimum Gasteiger partial charge on any atom is -0.481 e. The summed E-state index contributed by atoms with van der Waals surface area (Å²) in [5, 5.41) is 31.2. The molecule has 0 saturated heterocycles. The zero-order valence-corrected chi connectivity index (χ0v) is 24.2. The molecular weight excluding hydrogens is 613 g/mol. The van der Waals surface area contributed by atoms with Crippen LogP contribution in [0.5, 0.6) is 0 Å². The number of primary amides is 1. The highest BCUT2D eigenvalue weighted by Gasteiger charge is 2.28. The van der Waals surface area contributed by atoms with E-state index in [1.165, 1.54) is 36.4 Å². The number of hydrogen-bond acceptors (Lipinski definition) is 9. The molecule has 6 amide bonds. The van der Waals surface area contributed by atoms with Crippen LogP contribution in [-0.4, -0.2) is 83.2 Å². The van der Waals surface area contributed by atoms with Gasteiger partial charge in [-0.05, 0) is 23.3 Å². The van der Waals surface area contributed by atoms with Crippen molar-refractivity contribution in [1.82, 2.24) is 26.6 Å². The number of hydrogen-bond donors (Lipinski definition) is 7. The Morgan fingerprint density at radius 1 is 0.717 bits per heavy atom. The molecule has 0 aromatic heterocycles. The van der Waals surface area contributed by atoms with Crippen LogP contribution in [0, 0.1) is 15.9 Å². The van der Waals surface area contributed by atoms with E-state index in [0.29, 0.717) is 11.1 Å². The van der Waals surface area contributed by atoms with Gasteiger partial charge in [0.15, 0.2) is 0 Å². The van der Waals surface area contributed by atoms with Crippen LogP contribution in [0.25, 0.3) is 0 Å². The molecule has 0 aliphatic rings. The lowest BCUT2D eigenvalue weighted by molar-refractivity contribution is -0.384. The van der Waals surface area contributed by atoms with Gasteiger partial charge in [0.25, 0.3) is 5.69 Å². The molecule has 2 aromatic carbocycles. The minimum absolute atomic E-state index is 0.181. The summed E-state index contributed by atoms with van der Waals surface area (Å²) in [4.78, 5) is 94.8. The van der Waals surface area contributed by atoms with E-state index in [-0.39, 0.29) is 24.9 Å². The van der Waals surface area contributed by atoms with E-state index in [2.05, 4.69) is 26.6 Å². The van der Waals surface area contributed by atoms with Crippen LogP contribution in [-0.2, 0) is 46.4 Å². The van der Waals surface area contributed by atoms with Gasteiger partial charge in [-0.3, -0.25) is 43.7 Å². The van der Waals surface area contributed by atoms with Crippen LogP contribution < -0.4 is 32.3 Å². The lowest BCUT2D eigenvalue weighted by atomic mass is 10.0. The van der Waals surface area contributed by atoms with Crippen molar-refractivity contribution < 1.29 is 48.0 Å². The van der Waals surface area contributed by atoms with Crippen LogP contribution in [0.4, 0.5) is 10.1 Å². The summed E-state index contributed by atoms with van der Waals surface area (Å²) in [6.45, 7) is -1.74. The van der Waals surface area contributed by atoms with Gasteiger partial charge in [-0.25, -0.2) is 4.39 Å². The van der Waals surface area contributed by atoms with Crippen LogP contribution >= 0.6 is 0 Å². The highest BCUT2D eigenvalue weighted by atomic mass is 19.1. The first-order valence-corrected chi connectivity index (χ1v) is 13.6. The Hall–Kier alpha value is -5.94. The fraction of sp³-hybridized carbons (Fsp3) is 0.321. The topological polar surface area (TPSA) is 269 Å². The number of carbonyl (C=O) groups excluding carboxylic acids is 6. The lowest BCUT2D eigenvalue weighted by Gasteiger charge is -2.23. The third kappa shape index (κ3) is 13.6. The number of nitro benzene ring substituents is 1. The number of amides is 6. The number of rotatable bonds is 18. The zero-order valence-electron chi connectivity index (χ0n) is 24.2. The summed E-state index contributed by atoms with van der Waals surface area (Å²) in [5.74, 6) is -6.64. The Morgan fingerprint density at radius 3 is 1.78 bits per heavy atom. The number of carbonyl (C=O) groups is 7. The number of nitrogens with one attached hydrogen (secondary N) is 5. The fourth-order valence-electron chi connectivity index (χ4n) is 3.81. The smallest absolute Gasteiger partial charge is 0.303 e. The summed E-state index contributed by atoms with van der Waals surface area (Å²) in [7, 11) is 0. The Kier molecular flexibility index (Phi) is 14.2. The molecular formula is C28H32FN7O10. The first kappa shape index (κ1) is 36.3. The fourth-order valence-corrected chi connectivity index (χ4v) is 3.81. The first-order chi connectivity index (χ1) is 21.7. The van der Waals surface area contributed by atoms with Crippen molar-refractivity contribution in [1.29, 1.82) is 0 Å². The van der Waals surface area contributed by atoms with Gasteiger partial charge in [-0.1, -0.05) is 24.3 Å². The molecule has 246 valence electrons. The van der Waals surface area contributed by atoms with Gasteiger partial charge in [-0.15, -0.1) is 0 Å². The van der Waals surface area contributed by atoms with Crippen molar-refractivity contribution >= 4 is 47.1 Å². The van der Waals surface area contributed by atoms with Gasteiger partial charge < -0.3 is 37.4 Å².